The quantitative estimate of drug-likeness (QED) is 0.749. The van der Waals surface area contributed by atoms with Crippen LogP contribution in [0, 0.1) is 0 Å². The summed E-state index contributed by atoms with van der Waals surface area (Å²) in [6.07, 6.45) is 2.32. The first-order valence-corrected chi connectivity index (χ1v) is 4.58. The van der Waals surface area contributed by atoms with Crippen LogP contribution in [0.5, 0.6) is 0 Å². The van der Waals surface area contributed by atoms with E-state index >= 15 is 0 Å². The third-order valence-corrected chi connectivity index (χ3v) is 2.23. The van der Waals surface area contributed by atoms with Crippen LogP contribution in [0.3, 0.4) is 0 Å². The topological polar surface area (TPSA) is 12.0 Å². The summed E-state index contributed by atoms with van der Waals surface area (Å²) < 4.78 is 0. The second-order valence-corrected chi connectivity index (χ2v) is 3.08. The van der Waals surface area contributed by atoms with Gasteiger partial charge in [0.25, 0.3) is 0 Å². The third-order valence-electron chi connectivity index (χ3n) is 2.23. The smallest absolute Gasteiger partial charge is 0.0102 e. The van der Waals surface area contributed by atoms with E-state index < -0.39 is 0 Å². The fourth-order valence-corrected chi connectivity index (χ4v) is 1.35. The Morgan fingerprint density at radius 3 is 2.31 bits per heavy atom. The summed E-state index contributed by atoms with van der Waals surface area (Å²) in [5.41, 5.74) is 1.42. The lowest BCUT2D eigenvalue weighted by Gasteiger charge is -2.13. The number of hydrogen-bond acceptors (Lipinski definition) is 1. The predicted molar refractivity (Wildman–Crippen MR) is 60.0 cm³/mol. The number of nitrogens with one attached hydrogen (secondary N) is 1. The van der Waals surface area contributed by atoms with Gasteiger partial charge in [-0.25, -0.2) is 0 Å². The van der Waals surface area contributed by atoms with Crippen molar-refractivity contribution < 1.29 is 0 Å². The van der Waals surface area contributed by atoms with Crippen LogP contribution < -0.4 is 5.32 Å². The van der Waals surface area contributed by atoms with E-state index in [-0.39, 0.29) is 7.43 Å². The maximum atomic E-state index is 3.30. The van der Waals surface area contributed by atoms with E-state index in [0.717, 1.165) is 6.42 Å². The summed E-state index contributed by atoms with van der Waals surface area (Å²) in [5.74, 6) is 0. The van der Waals surface area contributed by atoms with Crippen LogP contribution >= 0.6 is 0 Å². The van der Waals surface area contributed by atoms with E-state index in [1.165, 1.54) is 12.0 Å². The lowest BCUT2D eigenvalue weighted by atomic mass is 10.0. The minimum absolute atomic E-state index is 0. The zero-order valence-corrected chi connectivity index (χ0v) is 7.88. The zero-order valence-electron chi connectivity index (χ0n) is 7.88. The van der Waals surface area contributed by atoms with Gasteiger partial charge in [0.1, 0.15) is 0 Å². The molecule has 13 heavy (non-hydrogen) atoms. The molecule has 1 nitrogen and oxygen atoms in total. The lowest BCUT2D eigenvalue weighted by molar-refractivity contribution is 0.543. The minimum Gasteiger partial charge on any atom is -0.317 e. The van der Waals surface area contributed by atoms with Crippen molar-refractivity contribution in [2.75, 3.05) is 7.05 Å². The molecule has 1 N–H and O–H groups in total. The first-order valence-electron chi connectivity index (χ1n) is 4.58. The molecule has 0 amide bonds. The molecule has 74 valence electrons. The van der Waals surface area contributed by atoms with Crippen LogP contribution in [0.4, 0.5) is 0 Å². The van der Waals surface area contributed by atoms with Gasteiger partial charge in [0.05, 0.1) is 0 Å². The summed E-state index contributed by atoms with van der Waals surface area (Å²) in [6, 6.07) is 11.2. The van der Waals surface area contributed by atoms with Crippen LogP contribution in [0.1, 0.15) is 26.3 Å². The molecule has 1 heteroatoms. The Labute approximate surface area is 82.2 Å². The van der Waals surface area contributed by atoms with Gasteiger partial charge in [-0.05, 0) is 25.5 Å². The second-order valence-electron chi connectivity index (χ2n) is 3.08. The molecule has 0 radical (unpaired) electrons. The highest BCUT2D eigenvalue weighted by molar-refractivity contribution is 5.15. The molecule has 0 bridgehead atoms. The van der Waals surface area contributed by atoms with E-state index in [1.54, 1.807) is 0 Å². The molecule has 0 saturated heterocycles. The number of benzene rings is 1. The molecule has 0 fully saturated rings. The number of rotatable bonds is 4. The van der Waals surface area contributed by atoms with E-state index in [9.17, 15) is 0 Å². The molecular weight excluding hydrogens is 158 g/mol. The van der Waals surface area contributed by atoms with Crippen molar-refractivity contribution in [1.82, 2.24) is 5.32 Å². The van der Waals surface area contributed by atoms with Crippen molar-refractivity contribution in [2.24, 2.45) is 0 Å². The Bertz CT molecular complexity index is 202. The van der Waals surface area contributed by atoms with Crippen molar-refractivity contribution in [2.45, 2.75) is 33.2 Å². The van der Waals surface area contributed by atoms with Gasteiger partial charge in [0.2, 0.25) is 0 Å². The Balaban J connectivity index is 0.00000144. The molecule has 1 rings (SSSR count). The van der Waals surface area contributed by atoms with Gasteiger partial charge in [-0.2, -0.15) is 0 Å². The summed E-state index contributed by atoms with van der Waals surface area (Å²) in [7, 11) is 2.02. The highest BCUT2D eigenvalue weighted by Gasteiger charge is 2.02. The van der Waals surface area contributed by atoms with Crippen molar-refractivity contribution in [3.05, 3.63) is 35.9 Å². The maximum Gasteiger partial charge on any atom is 0.0102 e. The normalized spacial score (nSPS) is 11.8. The molecule has 0 aromatic heterocycles. The molecule has 1 aromatic rings. The highest BCUT2D eigenvalue weighted by atomic mass is 14.9. The van der Waals surface area contributed by atoms with Crippen LogP contribution in [-0.4, -0.2) is 13.1 Å². The minimum atomic E-state index is 0. The molecule has 0 aliphatic carbocycles. The number of likely N-dealkylation sites (N-methyl/N-ethyl adjacent to an activating group) is 1. The summed E-state index contributed by atoms with van der Waals surface area (Å²) in [5, 5.41) is 3.30. The van der Waals surface area contributed by atoms with Gasteiger partial charge in [-0.1, -0.05) is 44.7 Å². The maximum absolute atomic E-state index is 3.30. The van der Waals surface area contributed by atoms with E-state index in [1.807, 2.05) is 7.05 Å². The standard InChI is InChI=1S/C11H17N.CH4/c1-3-11(12-2)9-10-7-5-4-6-8-10;/h4-8,11-12H,3,9H2,1-2H3;1H4. The third kappa shape index (κ3) is 4.09. The molecule has 1 unspecified atom stereocenters. The molecule has 0 aliphatic heterocycles. The Morgan fingerprint density at radius 1 is 1.23 bits per heavy atom. The van der Waals surface area contributed by atoms with Crippen LogP contribution in [0.15, 0.2) is 30.3 Å². The van der Waals surface area contributed by atoms with Crippen molar-refractivity contribution in [3.63, 3.8) is 0 Å². The second kappa shape index (κ2) is 6.67. The van der Waals surface area contributed by atoms with E-state index in [0.29, 0.717) is 6.04 Å². The first kappa shape index (κ1) is 12.2. The zero-order chi connectivity index (χ0) is 8.81. The van der Waals surface area contributed by atoms with Crippen LogP contribution in [0.25, 0.3) is 0 Å². The fraction of sp³-hybridized carbons (Fsp3) is 0.500. The SMILES string of the molecule is C.CCC(Cc1ccccc1)NC. The molecule has 1 aromatic carbocycles. The predicted octanol–water partition coefficient (Wildman–Crippen LogP) is 2.86. The van der Waals surface area contributed by atoms with E-state index in [4.69, 9.17) is 0 Å². The molecular formula is C12H21N. The van der Waals surface area contributed by atoms with E-state index in [2.05, 4.69) is 42.6 Å². The summed E-state index contributed by atoms with van der Waals surface area (Å²) in [4.78, 5) is 0. The first-order chi connectivity index (χ1) is 5.86. The Hall–Kier alpha value is -0.820. The summed E-state index contributed by atoms with van der Waals surface area (Å²) in [6.45, 7) is 2.21. The fourth-order valence-electron chi connectivity index (χ4n) is 1.35. The van der Waals surface area contributed by atoms with Crippen molar-refractivity contribution in [3.8, 4) is 0 Å². The monoisotopic (exact) mass is 179 g/mol. The molecule has 0 spiro atoms. The van der Waals surface area contributed by atoms with Gasteiger partial charge >= 0.3 is 0 Å². The highest BCUT2D eigenvalue weighted by Crippen LogP contribution is 2.04. The average Bonchev–Trinajstić information content (AvgIpc) is 2.16. The van der Waals surface area contributed by atoms with Gasteiger partial charge in [0.15, 0.2) is 0 Å². The van der Waals surface area contributed by atoms with Crippen molar-refractivity contribution >= 4 is 0 Å². The average molecular weight is 179 g/mol. The lowest BCUT2D eigenvalue weighted by Crippen LogP contribution is -2.26. The number of hydrogen-bond donors (Lipinski definition) is 1. The Morgan fingerprint density at radius 2 is 1.85 bits per heavy atom. The van der Waals surface area contributed by atoms with Gasteiger partial charge in [-0.3, -0.25) is 0 Å². The summed E-state index contributed by atoms with van der Waals surface area (Å²) >= 11 is 0. The largest absolute Gasteiger partial charge is 0.317 e. The van der Waals surface area contributed by atoms with Gasteiger partial charge in [0, 0.05) is 6.04 Å². The van der Waals surface area contributed by atoms with Crippen LogP contribution in [0.2, 0.25) is 0 Å². The molecule has 0 aliphatic rings. The van der Waals surface area contributed by atoms with Gasteiger partial charge in [-0.15, -0.1) is 0 Å². The molecule has 0 saturated carbocycles. The molecule has 0 heterocycles. The van der Waals surface area contributed by atoms with Crippen LogP contribution in [-0.2, 0) is 6.42 Å². The van der Waals surface area contributed by atoms with Gasteiger partial charge < -0.3 is 5.32 Å². The van der Waals surface area contributed by atoms with Crippen molar-refractivity contribution in [1.29, 1.82) is 0 Å². The Kier molecular flexibility index (Phi) is 6.25. The molecule has 1 atom stereocenters.